The summed E-state index contributed by atoms with van der Waals surface area (Å²) in [4.78, 5) is 29.0. The zero-order valence-corrected chi connectivity index (χ0v) is 19.9. The second kappa shape index (κ2) is 8.83. The average molecular weight is 518 g/mol. The first kappa shape index (κ1) is 22.0. The average Bonchev–Trinajstić information content (AvgIpc) is 3.16. The molecule has 1 atom stereocenters. The summed E-state index contributed by atoms with van der Waals surface area (Å²) in [6.07, 6.45) is 1.66. The van der Waals surface area contributed by atoms with Crippen LogP contribution in [0.25, 0.3) is 11.0 Å². The number of rotatable bonds is 6. The number of hydrogen-bond donors (Lipinski definition) is 0. The number of fused-ring (bicyclic) bond motifs is 2. The van der Waals surface area contributed by atoms with Crippen molar-refractivity contribution in [1.82, 2.24) is 0 Å². The molecule has 170 valence electrons. The van der Waals surface area contributed by atoms with E-state index in [9.17, 15) is 9.59 Å². The number of nitrogens with zero attached hydrogens (tertiary/aromatic N) is 1. The van der Waals surface area contributed by atoms with Crippen LogP contribution in [0.4, 0.5) is 5.69 Å². The van der Waals surface area contributed by atoms with Crippen LogP contribution in [0.1, 0.15) is 27.7 Å². The maximum atomic E-state index is 13.7. The summed E-state index contributed by atoms with van der Waals surface area (Å²) in [7, 11) is 1.58. The number of carbonyl (C=O) groups is 1. The van der Waals surface area contributed by atoms with Crippen molar-refractivity contribution in [2.75, 3.05) is 18.6 Å². The lowest BCUT2D eigenvalue weighted by Gasteiger charge is -2.25. The van der Waals surface area contributed by atoms with Gasteiger partial charge in [0.1, 0.15) is 23.7 Å². The topological polar surface area (TPSA) is 69.0 Å². The van der Waals surface area contributed by atoms with Gasteiger partial charge in [0.25, 0.3) is 5.91 Å². The van der Waals surface area contributed by atoms with Gasteiger partial charge in [-0.3, -0.25) is 14.5 Å². The molecule has 0 N–H and O–H groups in total. The van der Waals surface area contributed by atoms with Gasteiger partial charge in [0.15, 0.2) is 5.43 Å². The van der Waals surface area contributed by atoms with Crippen molar-refractivity contribution in [2.45, 2.75) is 6.04 Å². The lowest BCUT2D eigenvalue weighted by atomic mass is 9.98. The molecule has 0 aliphatic carbocycles. The molecular weight excluding hydrogens is 498 g/mol. The van der Waals surface area contributed by atoms with Gasteiger partial charge in [-0.1, -0.05) is 40.7 Å². The van der Waals surface area contributed by atoms with Crippen LogP contribution in [0, 0.1) is 0 Å². The second-order valence-corrected chi connectivity index (χ2v) is 8.68. The van der Waals surface area contributed by atoms with E-state index in [-0.39, 0.29) is 17.1 Å². The van der Waals surface area contributed by atoms with Gasteiger partial charge in [-0.25, -0.2) is 0 Å². The molecule has 3 aromatic carbocycles. The Hall–Kier alpha value is -3.84. The fraction of sp³-hybridized carbons (Fsp3) is 0.111. The first-order valence-corrected chi connectivity index (χ1v) is 11.4. The quantitative estimate of drug-likeness (QED) is 0.299. The van der Waals surface area contributed by atoms with E-state index in [1.54, 1.807) is 60.6 Å². The number of methoxy groups -OCH3 is 1. The third-order valence-electron chi connectivity index (χ3n) is 5.72. The highest BCUT2D eigenvalue weighted by atomic mass is 79.9. The molecule has 0 saturated heterocycles. The van der Waals surface area contributed by atoms with E-state index in [0.29, 0.717) is 40.3 Å². The first-order valence-electron chi connectivity index (χ1n) is 10.6. The van der Waals surface area contributed by atoms with Gasteiger partial charge >= 0.3 is 0 Å². The molecule has 0 fully saturated rings. The molecule has 0 saturated carbocycles. The number of amides is 1. The van der Waals surface area contributed by atoms with Crippen LogP contribution in [-0.4, -0.2) is 19.6 Å². The lowest BCUT2D eigenvalue weighted by molar-refractivity contribution is 0.0971. The van der Waals surface area contributed by atoms with Gasteiger partial charge in [0.05, 0.1) is 24.1 Å². The molecule has 1 aliphatic rings. The molecule has 34 heavy (non-hydrogen) atoms. The van der Waals surface area contributed by atoms with E-state index < -0.39 is 6.04 Å². The van der Waals surface area contributed by atoms with Gasteiger partial charge in [0.2, 0.25) is 5.76 Å². The van der Waals surface area contributed by atoms with Gasteiger partial charge in [-0.05, 0) is 60.2 Å². The Labute approximate surface area is 204 Å². The summed E-state index contributed by atoms with van der Waals surface area (Å²) in [6, 6.07) is 19.0. The van der Waals surface area contributed by atoms with Crippen molar-refractivity contribution >= 4 is 38.5 Å². The molecule has 1 aromatic heterocycles. The Kier molecular flexibility index (Phi) is 5.71. The highest BCUT2D eigenvalue weighted by Gasteiger charge is 2.43. The summed E-state index contributed by atoms with van der Waals surface area (Å²) < 4.78 is 17.7. The minimum absolute atomic E-state index is 0.0399. The number of ether oxygens (including phenoxy) is 2. The summed E-state index contributed by atoms with van der Waals surface area (Å²) in [6.45, 7) is 4.02. The fourth-order valence-electron chi connectivity index (χ4n) is 4.20. The molecule has 0 radical (unpaired) electrons. The summed E-state index contributed by atoms with van der Waals surface area (Å²) in [5.41, 5.74) is 1.76. The summed E-state index contributed by atoms with van der Waals surface area (Å²) >= 11 is 3.42. The number of halogens is 1. The van der Waals surface area contributed by atoms with E-state index >= 15 is 0 Å². The van der Waals surface area contributed by atoms with Crippen LogP contribution in [0.2, 0.25) is 0 Å². The molecule has 4 aromatic rings. The minimum Gasteiger partial charge on any atom is -0.497 e. The van der Waals surface area contributed by atoms with Crippen LogP contribution in [0.15, 0.2) is 93.1 Å². The van der Waals surface area contributed by atoms with Crippen molar-refractivity contribution in [2.24, 2.45) is 0 Å². The molecule has 7 heteroatoms. The first-order chi connectivity index (χ1) is 16.5. The van der Waals surface area contributed by atoms with Gasteiger partial charge in [0, 0.05) is 10.2 Å². The van der Waals surface area contributed by atoms with E-state index in [0.717, 1.165) is 10.0 Å². The zero-order chi connectivity index (χ0) is 23.8. The molecule has 6 nitrogen and oxygen atoms in total. The monoisotopic (exact) mass is 517 g/mol. The van der Waals surface area contributed by atoms with Crippen LogP contribution in [-0.2, 0) is 0 Å². The Morgan fingerprint density at radius 1 is 1.06 bits per heavy atom. The Morgan fingerprint density at radius 3 is 2.59 bits per heavy atom. The third-order valence-corrected chi connectivity index (χ3v) is 6.22. The smallest absolute Gasteiger partial charge is 0.295 e. The van der Waals surface area contributed by atoms with Gasteiger partial charge < -0.3 is 13.9 Å². The van der Waals surface area contributed by atoms with Crippen molar-refractivity contribution < 1.29 is 18.7 Å². The molecule has 1 aliphatic heterocycles. The Bertz CT molecular complexity index is 1480. The standard InChI is InChI=1S/C27H20BrNO5/c1-3-13-33-20-6-4-5-16(14-20)24-23-25(30)21-15-17(28)7-12-22(21)34-26(23)27(31)29(24)18-8-10-19(32-2)11-9-18/h3-12,14-15,24H,1,13H2,2H3. The van der Waals surface area contributed by atoms with Crippen LogP contribution >= 0.6 is 15.9 Å². The van der Waals surface area contributed by atoms with Crippen LogP contribution < -0.4 is 19.8 Å². The predicted octanol–water partition coefficient (Wildman–Crippen LogP) is 5.88. The molecule has 2 heterocycles. The molecule has 5 rings (SSSR count). The van der Waals surface area contributed by atoms with E-state index in [1.807, 2.05) is 24.3 Å². The maximum absolute atomic E-state index is 13.7. The molecule has 1 amide bonds. The zero-order valence-electron chi connectivity index (χ0n) is 18.3. The molecule has 0 bridgehead atoms. The minimum atomic E-state index is -0.692. The Morgan fingerprint density at radius 2 is 1.85 bits per heavy atom. The van der Waals surface area contributed by atoms with Gasteiger partial charge in [-0.2, -0.15) is 0 Å². The second-order valence-electron chi connectivity index (χ2n) is 7.76. The van der Waals surface area contributed by atoms with Crippen molar-refractivity contribution in [3.05, 3.63) is 111 Å². The van der Waals surface area contributed by atoms with Crippen LogP contribution in [0.3, 0.4) is 0 Å². The number of hydrogen-bond acceptors (Lipinski definition) is 5. The third kappa shape index (κ3) is 3.68. The normalized spacial score (nSPS) is 14.8. The maximum Gasteiger partial charge on any atom is 0.295 e. The van der Waals surface area contributed by atoms with Crippen molar-refractivity contribution in [3.8, 4) is 11.5 Å². The van der Waals surface area contributed by atoms with Crippen LogP contribution in [0.5, 0.6) is 11.5 Å². The summed E-state index contributed by atoms with van der Waals surface area (Å²) in [5, 5.41) is 0.404. The van der Waals surface area contributed by atoms with E-state index in [4.69, 9.17) is 13.9 Å². The highest BCUT2D eigenvalue weighted by Crippen LogP contribution is 2.42. The number of benzene rings is 3. The largest absolute Gasteiger partial charge is 0.497 e. The highest BCUT2D eigenvalue weighted by molar-refractivity contribution is 9.10. The number of carbonyl (C=O) groups excluding carboxylic acids is 1. The number of anilines is 1. The molecular formula is C27H20BrNO5. The molecule has 1 unspecified atom stereocenters. The van der Waals surface area contributed by atoms with E-state index in [1.165, 1.54) is 0 Å². The SMILES string of the molecule is C=CCOc1cccc(C2c3c(oc4ccc(Br)cc4c3=O)C(=O)N2c2ccc(OC)cc2)c1. The Balaban J connectivity index is 1.75. The van der Waals surface area contributed by atoms with Gasteiger partial charge in [-0.15, -0.1) is 0 Å². The fourth-order valence-corrected chi connectivity index (χ4v) is 4.56. The lowest BCUT2D eigenvalue weighted by Crippen LogP contribution is -2.29. The molecule has 0 spiro atoms. The van der Waals surface area contributed by atoms with Crippen molar-refractivity contribution in [1.29, 1.82) is 0 Å². The van der Waals surface area contributed by atoms with Crippen molar-refractivity contribution in [3.63, 3.8) is 0 Å². The predicted molar refractivity (Wildman–Crippen MR) is 134 cm³/mol. The summed E-state index contributed by atoms with van der Waals surface area (Å²) in [5.74, 6) is 0.928. The van der Waals surface area contributed by atoms with E-state index in [2.05, 4.69) is 22.5 Å².